The van der Waals surface area contributed by atoms with Crippen molar-refractivity contribution in [3.05, 3.63) is 32.2 Å². The van der Waals surface area contributed by atoms with Gasteiger partial charge in [0.1, 0.15) is 5.69 Å². The van der Waals surface area contributed by atoms with Gasteiger partial charge in [-0.3, -0.25) is 4.79 Å². The molecule has 5 nitrogen and oxygen atoms in total. The second-order valence-corrected chi connectivity index (χ2v) is 6.18. The van der Waals surface area contributed by atoms with E-state index in [-0.39, 0.29) is 31.3 Å². The third-order valence-electron chi connectivity index (χ3n) is 2.61. The van der Waals surface area contributed by atoms with Crippen LogP contribution in [0.3, 0.4) is 0 Å². The van der Waals surface area contributed by atoms with Crippen molar-refractivity contribution in [3.8, 4) is 0 Å². The van der Waals surface area contributed by atoms with E-state index in [9.17, 15) is 18.0 Å². The minimum Gasteiger partial charge on any atom is -0.350 e. The smallest absolute Gasteiger partial charge is 0.350 e. The Morgan fingerprint density at radius 1 is 1.17 bits per heavy atom. The fraction of sp³-hybridized carbons (Fsp3) is 0.417. The van der Waals surface area contributed by atoms with Gasteiger partial charge in [0.25, 0.3) is 5.91 Å². The highest BCUT2D eigenvalue weighted by Gasteiger charge is 2.33. The van der Waals surface area contributed by atoms with Crippen LogP contribution >= 0.6 is 35.1 Å². The Morgan fingerprint density at radius 3 is 2.43 bits per heavy atom. The van der Waals surface area contributed by atoms with E-state index >= 15 is 0 Å². The lowest BCUT2D eigenvalue weighted by Crippen LogP contribution is -2.26. The number of carbonyl (C=O) groups is 1. The molecule has 0 bridgehead atoms. The molecule has 128 valence electrons. The molecule has 23 heavy (non-hydrogen) atoms. The first-order valence-electron chi connectivity index (χ1n) is 6.34. The lowest BCUT2D eigenvalue weighted by molar-refractivity contribution is -0.140. The quantitative estimate of drug-likeness (QED) is 0.799. The Labute approximate surface area is 144 Å². The second-order valence-electron chi connectivity index (χ2n) is 4.30. The molecule has 0 saturated heterocycles. The van der Waals surface area contributed by atoms with E-state index in [2.05, 4.69) is 15.3 Å². The van der Waals surface area contributed by atoms with E-state index in [1.807, 2.05) is 0 Å². The van der Waals surface area contributed by atoms with E-state index in [1.54, 1.807) is 5.38 Å². The summed E-state index contributed by atoms with van der Waals surface area (Å²) in [5.41, 5.74) is 4.80. The van der Waals surface area contributed by atoms with Gasteiger partial charge in [0.15, 0.2) is 5.69 Å². The zero-order valence-corrected chi connectivity index (χ0v) is 14.2. The first-order chi connectivity index (χ1) is 10.4. The Hall–Kier alpha value is -1.23. The number of aromatic nitrogens is 2. The van der Waals surface area contributed by atoms with Crippen molar-refractivity contribution in [2.45, 2.75) is 19.0 Å². The summed E-state index contributed by atoms with van der Waals surface area (Å²) in [5, 5.41) is 6.32. The summed E-state index contributed by atoms with van der Waals surface area (Å²) in [4.78, 5) is 19.4. The average molecular weight is 387 g/mol. The van der Waals surface area contributed by atoms with Crippen molar-refractivity contribution < 1.29 is 18.0 Å². The molecule has 2 heterocycles. The van der Waals surface area contributed by atoms with Gasteiger partial charge in [-0.1, -0.05) is 0 Å². The minimum atomic E-state index is -4.43. The van der Waals surface area contributed by atoms with Gasteiger partial charge >= 0.3 is 6.18 Å². The second kappa shape index (κ2) is 8.57. The zero-order chi connectivity index (χ0) is 16.2. The van der Waals surface area contributed by atoms with E-state index in [1.165, 1.54) is 11.3 Å². The number of hydrogen-bond donors (Lipinski definition) is 2. The topological polar surface area (TPSA) is 80.9 Å². The summed E-state index contributed by atoms with van der Waals surface area (Å²) < 4.78 is 37.2. The maximum atomic E-state index is 12.4. The molecule has 0 fully saturated rings. The third kappa shape index (κ3) is 5.72. The van der Waals surface area contributed by atoms with Gasteiger partial charge in [0.05, 0.1) is 10.0 Å². The number of nitrogens with zero attached hydrogens (tertiary/aromatic N) is 2. The van der Waals surface area contributed by atoms with E-state index in [4.69, 9.17) is 5.73 Å². The van der Waals surface area contributed by atoms with Crippen LogP contribution in [0, 0.1) is 0 Å². The van der Waals surface area contributed by atoms with Crippen molar-refractivity contribution in [1.82, 2.24) is 15.3 Å². The van der Waals surface area contributed by atoms with Crippen LogP contribution in [-0.4, -0.2) is 29.0 Å². The third-order valence-corrected chi connectivity index (χ3v) is 4.43. The zero-order valence-electron chi connectivity index (χ0n) is 11.7. The maximum Gasteiger partial charge on any atom is 0.434 e. The van der Waals surface area contributed by atoms with Crippen LogP contribution in [0.2, 0.25) is 0 Å². The molecule has 2 aromatic heterocycles. The molecule has 2 rings (SSSR count). The molecule has 0 spiro atoms. The SMILES string of the molecule is Cl.NCCc1nc(C(=O)NCCc2nc(C(F)(F)F)cs2)cs1. The molecule has 0 aliphatic carbocycles. The summed E-state index contributed by atoms with van der Waals surface area (Å²) in [6, 6.07) is 0. The highest BCUT2D eigenvalue weighted by atomic mass is 35.5. The van der Waals surface area contributed by atoms with Crippen molar-refractivity contribution in [2.24, 2.45) is 5.73 Å². The molecular formula is C12H14ClF3N4OS2. The van der Waals surface area contributed by atoms with Gasteiger partial charge in [-0.2, -0.15) is 13.2 Å². The van der Waals surface area contributed by atoms with Crippen LogP contribution in [0.4, 0.5) is 13.2 Å². The number of amides is 1. The average Bonchev–Trinajstić information content (AvgIpc) is 3.07. The lowest BCUT2D eigenvalue weighted by atomic mass is 10.4. The van der Waals surface area contributed by atoms with E-state index in [0.29, 0.717) is 23.7 Å². The van der Waals surface area contributed by atoms with Crippen molar-refractivity contribution in [2.75, 3.05) is 13.1 Å². The Balaban J connectivity index is 0.00000264. The summed E-state index contributed by atoms with van der Waals surface area (Å²) >= 11 is 2.28. The van der Waals surface area contributed by atoms with Crippen LogP contribution < -0.4 is 11.1 Å². The number of nitrogens with two attached hydrogens (primary N) is 1. The molecule has 11 heteroatoms. The monoisotopic (exact) mass is 386 g/mol. The first-order valence-corrected chi connectivity index (χ1v) is 8.10. The number of hydrogen-bond acceptors (Lipinski definition) is 6. The predicted molar refractivity (Wildman–Crippen MR) is 85.3 cm³/mol. The Bertz CT molecular complexity index is 644. The Morgan fingerprint density at radius 2 is 1.83 bits per heavy atom. The van der Waals surface area contributed by atoms with Crippen LogP contribution in [0.15, 0.2) is 10.8 Å². The van der Waals surface area contributed by atoms with Crippen LogP contribution in [0.25, 0.3) is 0 Å². The van der Waals surface area contributed by atoms with Crippen molar-refractivity contribution in [3.63, 3.8) is 0 Å². The van der Waals surface area contributed by atoms with Gasteiger partial charge in [-0.05, 0) is 6.54 Å². The Kier molecular flexibility index (Phi) is 7.39. The maximum absolute atomic E-state index is 12.4. The van der Waals surface area contributed by atoms with Crippen LogP contribution in [0.5, 0.6) is 0 Å². The number of nitrogens with one attached hydrogen (secondary N) is 1. The standard InChI is InChI=1S/C12H13F3N4OS2.ClH/c13-12(14,15)8-6-22-10(19-8)2-4-17-11(20)7-5-21-9(18-7)1-3-16;/h5-6H,1-4,16H2,(H,17,20);1H. The lowest BCUT2D eigenvalue weighted by Gasteiger charge is -2.02. The van der Waals surface area contributed by atoms with Gasteiger partial charge in [0, 0.05) is 30.1 Å². The highest BCUT2D eigenvalue weighted by Crippen LogP contribution is 2.29. The van der Waals surface area contributed by atoms with Crippen molar-refractivity contribution >= 4 is 41.0 Å². The molecule has 3 N–H and O–H groups in total. The fourth-order valence-corrected chi connectivity index (χ4v) is 3.18. The number of carbonyl (C=O) groups excluding carboxylic acids is 1. The molecule has 2 aromatic rings. The molecule has 0 saturated carbocycles. The summed E-state index contributed by atoms with van der Waals surface area (Å²) in [6.45, 7) is 0.660. The number of rotatable bonds is 6. The summed E-state index contributed by atoms with van der Waals surface area (Å²) in [6.07, 6.45) is -3.58. The number of thiazole rings is 2. The normalized spacial score (nSPS) is 11.1. The molecule has 0 aromatic carbocycles. The molecule has 0 aliphatic heterocycles. The largest absolute Gasteiger partial charge is 0.434 e. The number of alkyl halides is 3. The molecule has 1 amide bonds. The minimum absolute atomic E-state index is 0. The van der Waals surface area contributed by atoms with E-state index in [0.717, 1.165) is 21.7 Å². The summed E-state index contributed by atoms with van der Waals surface area (Å²) in [7, 11) is 0. The van der Waals surface area contributed by atoms with Gasteiger partial charge in [-0.15, -0.1) is 35.1 Å². The molecule has 0 aliphatic rings. The highest BCUT2D eigenvalue weighted by molar-refractivity contribution is 7.10. The molecule has 0 atom stereocenters. The molecule has 0 unspecified atom stereocenters. The van der Waals surface area contributed by atoms with Gasteiger partial charge in [0.2, 0.25) is 0 Å². The van der Waals surface area contributed by atoms with Gasteiger partial charge < -0.3 is 11.1 Å². The predicted octanol–water partition coefficient (Wildman–Crippen LogP) is 2.51. The molecular weight excluding hydrogens is 373 g/mol. The van der Waals surface area contributed by atoms with Gasteiger partial charge in [-0.25, -0.2) is 9.97 Å². The van der Waals surface area contributed by atoms with Crippen LogP contribution in [-0.2, 0) is 19.0 Å². The number of halogens is 4. The fourth-order valence-electron chi connectivity index (χ4n) is 1.58. The van der Waals surface area contributed by atoms with E-state index < -0.39 is 11.9 Å². The first kappa shape index (κ1) is 19.8. The van der Waals surface area contributed by atoms with Crippen LogP contribution in [0.1, 0.15) is 26.2 Å². The molecule has 0 radical (unpaired) electrons. The summed E-state index contributed by atoms with van der Waals surface area (Å²) in [5.74, 6) is -0.355. The van der Waals surface area contributed by atoms with Crippen molar-refractivity contribution in [1.29, 1.82) is 0 Å².